The third kappa shape index (κ3) is 1.91. The molecule has 0 saturated carbocycles. The molecule has 3 aromatic rings. The summed E-state index contributed by atoms with van der Waals surface area (Å²) in [5.74, 6) is -0.216. The van der Waals surface area contributed by atoms with Crippen molar-refractivity contribution in [1.29, 1.82) is 0 Å². The van der Waals surface area contributed by atoms with E-state index in [4.69, 9.17) is 0 Å². The lowest BCUT2D eigenvalue weighted by Crippen LogP contribution is -2.10. The van der Waals surface area contributed by atoms with E-state index in [1.54, 1.807) is 24.5 Å². The summed E-state index contributed by atoms with van der Waals surface area (Å²) in [7, 11) is 0. The van der Waals surface area contributed by atoms with Crippen molar-refractivity contribution >= 4 is 22.6 Å². The SMILES string of the molecule is O=C(Nc1ccc2nccnc2c1)c1cn[nH]c1. The molecular weight excluding hydrogens is 230 g/mol. The van der Waals surface area contributed by atoms with Gasteiger partial charge in [-0.25, -0.2) is 0 Å². The minimum Gasteiger partial charge on any atom is -0.322 e. The molecule has 0 aliphatic heterocycles. The van der Waals surface area contributed by atoms with Crippen molar-refractivity contribution in [3.05, 3.63) is 48.5 Å². The van der Waals surface area contributed by atoms with Crippen LogP contribution in [0.2, 0.25) is 0 Å². The summed E-state index contributed by atoms with van der Waals surface area (Å²) in [4.78, 5) is 20.1. The zero-order chi connectivity index (χ0) is 12.4. The standard InChI is InChI=1S/C12H9N5O/c18-12(8-6-15-16-7-8)17-9-1-2-10-11(5-9)14-4-3-13-10/h1-7H,(H,15,16)(H,17,18). The molecule has 2 aromatic heterocycles. The van der Waals surface area contributed by atoms with E-state index in [-0.39, 0.29) is 5.91 Å². The van der Waals surface area contributed by atoms with Gasteiger partial charge in [0.2, 0.25) is 0 Å². The quantitative estimate of drug-likeness (QED) is 0.711. The molecule has 18 heavy (non-hydrogen) atoms. The summed E-state index contributed by atoms with van der Waals surface area (Å²) < 4.78 is 0. The van der Waals surface area contributed by atoms with E-state index in [1.165, 1.54) is 12.4 Å². The summed E-state index contributed by atoms with van der Waals surface area (Å²) in [6.45, 7) is 0. The number of carbonyl (C=O) groups is 1. The summed E-state index contributed by atoms with van der Waals surface area (Å²) >= 11 is 0. The predicted octanol–water partition coefficient (Wildman–Crippen LogP) is 1.61. The van der Waals surface area contributed by atoms with Crippen LogP contribution in [0.5, 0.6) is 0 Å². The fourth-order valence-corrected chi connectivity index (χ4v) is 1.62. The fourth-order valence-electron chi connectivity index (χ4n) is 1.62. The van der Waals surface area contributed by atoms with Crippen molar-refractivity contribution in [3.63, 3.8) is 0 Å². The fraction of sp³-hybridized carbons (Fsp3) is 0. The van der Waals surface area contributed by atoms with Gasteiger partial charge in [-0.15, -0.1) is 0 Å². The van der Waals surface area contributed by atoms with Gasteiger partial charge in [-0.3, -0.25) is 19.9 Å². The number of rotatable bonds is 2. The van der Waals surface area contributed by atoms with Crippen LogP contribution in [0.15, 0.2) is 43.0 Å². The van der Waals surface area contributed by atoms with Crippen LogP contribution >= 0.6 is 0 Å². The van der Waals surface area contributed by atoms with Crippen LogP contribution in [-0.4, -0.2) is 26.1 Å². The Morgan fingerprint density at radius 3 is 2.78 bits per heavy atom. The maximum absolute atomic E-state index is 11.8. The van der Waals surface area contributed by atoms with Gasteiger partial charge in [0, 0.05) is 24.3 Å². The van der Waals surface area contributed by atoms with E-state index in [0.29, 0.717) is 11.3 Å². The number of aromatic amines is 1. The molecule has 0 fully saturated rings. The second kappa shape index (κ2) is 4.25. The van der Waals surface area contributed by atoms with E-state index >= 15 is 0 Å². The first-order valence-electron chi connectivity index (χ1n) is 5.34. The lowest BCUT2D eigenvalue weighted by Gasteiger charge is -2.04. The summed E-state index contributed by atoms with van der Waals surface area (Å²) in [5, 5.41) is 9.09. The molecule has 0 unspecified atom stereocenters. The number of benzene rings is 1. The number of amides is 1. The number of hydrogen-bond acceptors (Lipinski definition) is 4. The van der Waals surface area contributed by atoms with Gasteiger partial charge in [-0.1, -0.05) is 0 Å². The van der Waals surface area contributed by atoms with Crippen LogP contribution in [0.1, 0.15) is 10.4 Å². The Morgan fingerprint density at radius 1 is 1.17 bits per heavy atom. The number of H-pyrrole nitrogens is 1. The van der Waals surface area contributed by atoms with Gasteiger partial charge in [-0.05, 0) is 18.2 Å². The van der Waals surface area contributed by atoms with Crippen molar-refractivity contribution in [1.82, 2.24) is 20.2 Å². The number of nitrogens with one attached hydrogen (secondary N) is 2. The van der Waals surface area contributed by atoms with E-state index < -0.39 is 0 Å². The average Bonchev–Trinajstić information content (AvgIpc) is 2.92. The highest BCUT2D eigenvalue weighted by Crippen LogP contribution is 2.15. The predicted molar refractivity (Wildman–Crippen MR) is 66.1 cm³/mol. The van der Waals surface area contributed by atoms with Gasteiger partial charge < -0.3 is 5.32 Å². The van der Waals surface area contributed by atoms with Crippen LogP contribution < -0.4 is 5.32 Å². The number of fused-ring (bicyclic) bond motifs is 1. The Hall–Kier alpha value is -2.76. The first kappa shape index (κ1) is 10.4. The lowest BCUT2D eigenvalue weighted by molar-refractivity contribution is 0.102. The molecule has 0 bridgehead atoms. The zero-order valence-corrected chi connectivity index (χ0v) is 9.29. The zero-order valence-electron chi connectivity index (χ0n) is 9.29. The molecule has 0 atom stereocenters. The van der Waals surface area contributed by atoms with Crippen LogP contribution in [0.25, 0.3) is 11.0 Å². The van der Waals surface area contributed by atoms with Crippen molar-refractivity contribution < 1.29 is 4.79 Å². The number of aromatic nitrogens is 4. The molecule has 6 heteroatoms. The second-order valence-corrected chi connectivity index (χ2v) is 3.70. The molecular formula is C12H9N5O. The molecule has 0 saturated heterocycles. The van der Waals surface area contributed by atoms with E-state index in [9.17, 15) is 4.79 Å². The Labute approximate surface area is 102 Å². The first-order chi connectivity index (χ1) is 8.83. The number of anilines is 1. The lowest BCUT2D eigenvalue weighted by atomic mass is 10.2. The van der Waals surface area contributed by atoms with Gasteiger partial charge >= 0.3 is 0 Å². The maximum Gasteiger partial charge on any atom is 0.258 e. The Morgan fingerprint density at radius 2 is 2.00 bits per heavy atom. The van der Waals surface area contributed by atoms with E-state index in [2.05, 4.69) is 25.5 Å². The van der Waals surface area contributed by atoms with Gasteiger partial charge in [0.15, 0.2) is 0 Å². The largest absolute Gasteiger partial charge is 0.322 e. The number of hydrogen-bond donors (Lipinski definition) is 2. The van der Waals surface area contributed by atoms with Gasteiger partial charge in [-0.2, -0.15) is 5.10 Å². The monoisotopic (exact) mass is 239 g/mol. The third-order valence-electron chi connectivity index (χ3n) is 2.49. The van der Waals surface area contributed by atoms with E-state index in [1.807, 2.05) is 6.07 Å². The van der Waals surface area contributed by atoms with Crippen LogP contribution in [0, 0.1) is 0 Å². The molecule has 6 nitrogen and oxygen atoms in total. The highest BCUT2D eigenvalue weighted by molar-refractivity contribution is 6.04. The molecule has 0 spiro atoms. The summed E-state index contributed by atoms with van der Waals surface area (Å²) in [6, 6.07) is 5.38. The van der Waals surface area contributed by atoms with Crippen molar-refractivity contribution in [2.75, 3.05) is 5.32 Å². The van der Waals surface area contributed by atoms with Crippen LogP contribution in [-0.2, 0) is 0 Å². The third-order valence-corrected chi connectivity index (χ3v) is 2.49. The summed E-state index contributed by atoms with van der Waals surface area (Å²) in [5.41, 5.74) is 2.68. The van der Waals surface area contributed by atoms with Gasteiger partial charge in [0.05, 0.1) is 22.8 Å². The highest BCUT2D eigenvalue weighted by Gasteiger charge is 2.07. The van der Waals surface area contributed by atoms with Gasteiger partial charge in [0.1, 0.15) is 0 Å². The van der Waals surface area contributed by atoms with Crippen LogP contribution in [0.4, 0.5) is 5.69 Å². The molecule has 1 aromatic carbocycles. The van der Waals surface area contributed by atoms with E-state index in [0.717, 1.165) is 11.0 Å². The second-order valence-electron chi connectivity index (χ2n) is 3.70. The van der Waals surface area contributed by atoms with Crippen molar-refractivity contribution in [3.8, 4) is 0 Å². The maximum atomic E-state index is 11.8. The molecule has 3 rings (SSSR count). The molecule has 2 heterocycles. The topological polar surface area (TPSA) is 83.6 Å². The number of carbonyl (C=O) groups excluding carboxylic acids is 1. The Kier molecular flexibility index (Phi) is 2.45. The first-order valence-corrected chi connectivity index (χ1v) is 5.34. The molecule has 1 amide bonds. The van der Waals surface area contributed by atoms with Crippen LogP contribution in [0.3, 0.4) is 0 Å². The molecule has 0 aliphatic carbocycles. The Balaban J connectivity index is 1.89. The summed E-state index contributed by atoms with van der Waals surface area (Å²) in [6.07, 6.45) is 6.25. The smallest absolute Gasteiger partial charge is 0.258 e. The molecule has 0 aliphatic rings. The minimum absolute atomic E-state index is 0.216. The minimum atomic E-state index is -0.216. The molecule has 88 valence electrons. The van der Waals surface area contributed by atoms with Gasteiger partial charge in [0.25, 0.3) is 5.91 Å². The Bertz CT molecular complexity index is 693. The highest BCUT2D eigenvalue weighted by atomic mass is 16.1. The molecule has 2 N–H and O–H groups in total. The number of nitrogens with zero attached hydrogens (tertiary/aromatic N) is 3. The molecule has 0 radical (unpaired) electrons. The normalized spacial score (nSPS) is 10.4. The van der Waals surface area contributed by atoms with Crippen molar-refractivity contribution in [2.24, 2.45) is 0 Å². The van der Waals surface area contributed by atoms with Crippen molar-refractivity contribution in [2.45, 2.75) is 0 Å². The average molecular weight is 239 g/mol.